The number of phenolic OH excluding ortho intramolecular Hbond substituents is 2. The van der Waals surface area contributed by atoms with Crippen LogP contribution in [-0.2, 0) is 11.3 Å². The first-order valence-electron chi connectivity index (χ1n) is 4.20. The molecule has 1 aromatic carbocycles. The zero-order chi connectivity index (χ0) is 11.4. The maximum atomic E-state index is 13.5. The summed E-state index contributed by atoms with van der Waals surface area (Å²) in [5.74, 6) is 2.95. The molecule has 0 radical (unpaired) electrons. The fraction of sp³-hybridized carbons (Fsp3) is 0.333. The summed E-state index contributed by atoms with van der Waals surface area (Å²) in [6.07, 6.45) is 0.0406. The molecule has 0 amide bonds. The van der Waals surface area contributed by atoms with Crippen LogP contribution >= 0.6 is 0 Å². The number of methoxy groups -OCH3 is 1. The molecule has 0 aliphatic carbocycles. The van der Waals surface area contributed by atoms with Crippen molar-refractivity contribution in [2.24, 2.45) is 5.90 Å². The SMILES string of the molecule is COc1cc(O)c(O)c(CCON)c1F. The van der Waals surface area contributed by atoms with E-state index in [0.717, 1.165) is 6.07 Å². The van der Waals surface area contributed by atoms with Gasteiger partial charge in [0.25, 0.3) is 0 Å². The number of benzene rings is 1. The number of nitrogens with two attached hydrogens (primary N) is 1. The van der Waals surface area contributed by atoms with Crippen molar-refractivity contribution < 1.29 is 24.2 Å². The number of rotatable bonds is 4. The summed E-state index contributed by atoms with van der Waals surface area (Å²) < 4.78 is 18.2. The third-order valence-electron chi connectivity index (χ3n) is 1.97. The van der Waals surface area contributed by atoms with Crippen LogP contribution in [0.1, 0.15) is 5.56 Å². The van der Waals surface area contributed by atoms with E-state index in [2.05, 4.69) is 9.57 Å². The van der Waals surface area contributed by atoms with E-state index >= 15 is 0 Å². The zero-order valence-electron chi connectivity index (χ0n) is 8.16. The van der Waals surface area contributed by atoms with E-state index in [1.54, 1.807) is 0 Å². The first kappa shape index (κ1) is 11.5. The van der Waals surface area contributed by atoms with Crippen LogP contribution in [0.25, 0.3) is 0 Å². The molecule has 0 aromatic heterocycles. The molecule has 0 atom stereocenters. The Morgan fingerprint density at radius 3 is 2.67 bits per heavy atom. The van der Waals surface area contributed by atoms with E-state index in [1.807, 2.05) is 0 Å². The first-order chi connectivity index (χ1) is 7.11. The highest BCUT2D eigenvalue weighted by atomic mass is 19.1. The Morgan fingerprint density at radius 1 is 1.47 bits per heavy atom. The van der Waals surface area contributed by atoms with Gasteiger partial charge in [0, 0.05) is 18.1 Å². The van der Waals surface area contributed by atoms with Crippen LogP contribution in [0.15, 0.2) is 6.07 Å². The van der Waals surface area contributed by atoms with Gasteiger partial charge >= 0.3 is 0 Å². The van der Waals surface area contributed by atoms with Crippen LogP contribution in [0.2, 0.25) is 0 Å². The highest BCUT2D eigenvalue weighted by Crippen LogP contribution is 2.36. The van der Waals surface area contributed by atoms with Crippen molar-refractivity contribution in [2.45, 2.75) is 6.42 Å². The number of phenols is 2. The Morgan fingerprint density at radius 2 is 2.13 bits per heavy atom. The number of ether oxygens (including phenoxy) is 1. The number of hydrogen-bond donors (Lipinski definition) is 3. The van der Waals surface area contributed by atoms with Crippen molar-refractivity contribution in [3.05, 3.63) is 17.4 Å². The van der Waals surface area contributed by atoms with E-state index in [4.69, 9.17) is 5.90 Å². The highest BCUT2D eigenvalue weighted by molar-refractivity contribution is 5.51. The lowest BCUT2D eigenvalue weighted by Gasteiger charge is -2.10. The largest absolute Gasteiger partial charge is 0.504 e. The van der Waals surface area contributed by atoms with Gasteiger partial charge in [-0.25, -0.2) is 10.3 Å². The van der Waals surface area contributed by atoms with Crippen molar-refractivity contribution in [2.75, 3.05) is 13.7 Å². The van der Waals surface area contributed by atoms with Crippen LogP contribution in [0.4, 0.5) is 4.39 Å². The second-order valence-electron chi connectivity index (χ2n) is 2.86. The molecule has 6 heteroatoms. The summed E-state index contributed by atoms with van der Waals surface area (Å²) in [4.78, 5) is 4.27. The van der Waals surface area contributed by atoms with Gasteiger partial charge in [0.15, 0.2) is 23.1 Å². The lowest BCUT2D eigenvalue weighted by atomic mass is 10.1. The fourth-order valence-corrected chi connectivity index (χ4v) is 1.20. The van der Waals surface area contributed by atoms with Gasteiger partial charge in [0.05, 0.1) is 13.7 Å². The van der Waals surface area contributed by atoms with Gasteiger partial charge in [-0.05, 0) is 0 Å². The van der Waals surface area contributed by atoms with Crippen molar-refractivity contribution >= 4 is 0 Å². The molecular weight excluding hydrogens is 205 g/mol. The molecule has 15 heavy (non-hydrogen) atoms. The summed E-state index contributed by atoms with van der Waals surface area (Å²) in [5.41, 5.74) is -0.0858. The number of aromatic hydroxyl groups is 2. The topological polar surface area (TPSA) is 84.9 Å². The van der Waals surface area contributed by atoms with Crippen LogP contribution in [0.3, 0.4) is 0 Å². The van der Waals surface area contributed by atoms with Crippen LogP contribution < -0.4 is 10.6 Å². The molecule has 4 N–H and O–H groups in total. The third-order valence-corrected chi connectivity index (χ3v) is 1.97. The lowest BCUT2D eigenvalue weighted by Crippen LogP contribution is -2.06. The maximum absolute atomic E-state index is 13.5. The van der Waals surface area contributed by atoms with Crippen LogP contribution in [-0.4, -0.2) is 23.9 Å². The minimum absolute atomic E-state index is 0.0249. The fourth-order valence-electron chi connectivity index (χ4n) is 1.20. The van der Waals surface area contributed by atoms with Gasteiger partial charge in [-0.1, -0.05) is 0 Å². The minimum atomic E-state index is -0.732. The molecule has 0 aliphatic heterocycles. The van der Waals surface area contributed by atoms with Gasteiger partial charge < -0.3 is 19.8 Å². The molecule has 0 aliphatic rings. The van der Waals surface area contributed by atoms with Crippen LogP contribution in [0, 0.1) is 5.82 Å². The molecule has 0 spiro atoms. The lowest BCUT2D eigenvalue weighted by molar-refractivity contribution is 0.140. The van der Waals surface area contributed by atoms with Crippen molar-refractivity contribution in [1.82, 2.24) is 0 Å². The Kier molecular flexibility index (Phi) is 3.70. The predicted octanol–water partition coefficient (Wildman–Crippen LogP) is 0.678. The van der Waals surface area contributed by atoms with E-state index in [1.165, 1.54) is 7.11 Å². The van der Waals surface area contributed by atoms with Crippen molar-refractivity contribution in [3.63, 3.8) is 0 Å². The molecule has 0 bridgehead atoms. The molecular formula is C9H12FNO4. The Bertz CT molecular complexity index is 356. The molecule has 0 saturated heterocycles. The average Bonchev–Trinajstić information content (AvgIpc) is 2.23. The summed E-state index contributed by atoms with van der Waals surface area (Å²) >= 11 is 0. The number of halogens is 1. The quantitative estimate of drug-likeness (QED) is 0.510. The summed E-state index contributed by atoms with van der Waals surface area (Å²) in [6, 6.07) is 0.997. The van der Waals surface area contributed by atoms with Gasteiger partial charge in [-0.2, -0.15) is 0 Å². The van der Waals surface area contributed by atoms with Crippen LogP contribution in [0.5, 0.6) is 17.2 Å². The van der Waals surface area contributed by atoms with E-state index < -0.39 is 17.3 Å². The van der Waals surface area contributed by atoms with E-state index in [0.29, 0.717) is 0 Å². The highest BCUT2D eigenvalue weighted by Gasteiger charge is 2.17. The molecule has 5 nitrogen and oxygen atoms in total. The van der Waals surface area contributed by atoms with Gasteiger partial charge in [0.2, 0.25) is 0 Å². The second-order valence-corrected chi connectivity index (χ2v) is 2.86. The summed E-state index contributed by atoms with van der Waals surface area (Å²) in [7, 11) is 1.26. The molecule has 0 unspecified atom stereocenters. The predicted molar refractivity (Wildman–Crippen MR) is 50.1 cm³/mol. The standard InChI is InChI=1S/C9H12FNO4/c1-14-7-4-6(12)9(13)5(8(7)10)2-3-15-11/h4,12-13H,2-3,11H2,1H3. The van der Waals surface area contributed by atoms with E-state index in [-0.39, 0.29) is 24.3 Å². The van der Waals surface area contributed by atoms with Gasteiger partial charge in [-0.15, -0.1) is 0 Å². The average molecular weight is 217 g/mol. The number of hydrogen-bond acceptors (Lipinski definition) is 5. The Labute approximate surface area is 85.8 Å². The summed E-state index contributed by atoms with van der Waals surface area (Å²) in [5, 5.41) is 18.7. The van der Waals surface area contributed by atoms with Crippen molar-refractivity contribution in [3.8, 4) is 17.2 Å². The first-order valence-corrected chi connectivity index (χ1v) is 4.20. The van der Waals surface area contributed by atoms with Crippen molar-refractivity contribution in [1.29, 1.82) is 0 Å². The molecule has 0 fully saturated rings. The smallest absolute Gasteiger partial charge is 0.172 e. The third kappa shape index (κ3) is 2.28. The van der Waals surface area contributed by atoms with Gasteiger partial charge in [-0.3, -0.25) is 0 Å². The Hall–Kier alpha value is -1.53. The molecule has 84 valence electrons. The van der Waals surface area contributed by atoms with E-state index in [9.17, 15) is 14.6 Å². The molecule has 0 heterocycles. The molecule has 1 aromatic rings. The zero-order valence-corrected chi connectivity index (χ0v) is 8.16. The minimum Gasteiger partial charge on any atom is -0.504 e. The summed E-state index contributed by atoms with van der Waals surface area (Å²) in [6.45, 7) is 0.0249. The van der Waals surface area contributed by atoms with Gasteiger partial charge in [0.1, 0.15) is 0 Å². The normalized spacial score (nSPS) is 10.3. The maximum Gasteiger partial charge on any atom is 0.172 e. The monoisotopic (exact) mass is 217 g/mol. The molecule has 1 rings (SSSR count). The molecule has 0 saturated carbocycles. The second kappa shape index (κ2) is 4.81. The Balaban J connectivity index is 3.15.